The highest BCUT2D eigenvalue weighted by Gasteiger charge is 2.38. The van der Waals surface area contributed by atoms with Crippen LogP contribution in [0.3, 0.4) is 0 Å². The first-order valence-electron chi connectivity index (χ1n) is 12.1. The van der Waals surface area contributed by atoms with E-state index in [0.717, 1.165) is 35.2 Å². The number of amides is 1. The summed E-state index contributed by atoms with van der Waals surface area (Å²) in [4.78, 5) is 28.0. The van der Waals surface area contributed by atoms with Gasteiger partial charge in [-0.2, -0.15) is 13.2 Å². The van der Waals surface area contributed by atoms with Crippen molar-refractivity contribution in [3.8, 4) is 0 Å². The molecule has 1 unspecified atom stereocenters. The maximum absolute atomic E-state index is 13.6. The highest BCUT2D eigenvalue weighted by atomic mass is 19.4. The molecule has 0 radical (unpaired) electrons. The van der Waals surface area contributed by atoms with E-state index in [1.54, 1.807) is 4.90 Å². The van der Waals surface area contributed by atoms with Gasteiger partial charge in [-0.3, -0.25) is 14.9 Å². The van der Waals surface area contributed by atoms with E-state index in [1.165, 1.54) is 6.07 Å². The van der Waals surface area contributed by atoms with Crippen LogP contribution in [0.5, 0.6) is 0 Å². The Morgan fingerprint density at radius 2 is 1.67 bits per heavy atom. The molecule has 2 saturated heterocycles. The molecular weight excluding hydrogens is 471 g/mol. The predicted octanol–water partition coefficient (Wildman–Crippen LogP) is 6.35. The number of halogens is 3. The van der Waals surface area contributed by atoms with Crippen molar-refractivity contribution in [2.45, 2.75) is 37.9 Å². The maximum Gasteiger partial charge on any atom is 0.416 e. The molecule has 2 heterocycles. The minimum atomic E-state index is -4.65. The molecule has 0 spiro atoms. The Bertz CT molecular complexity index is 1300. The molecule has 2 aliphatic heterocycles. The molecule has 0 bridgehead atoms. The summed E-state index contributed by atoms with van der Waals surface area (Å²) >= 11 is 0. The second-order valence-electron chi connectivity index (χ2n) is 9.48. The summed E-state index contributed by atoms with van der Waals surface area (Å²) in [7, 11) is 0. The highest BCUT2D eigenvalue weighted by molar-refractivity contribution is 5.87. The van der Waals surface area contributed by atoms with Gasteiger partial charge in [-0.05, 0) is 54.2 Å². The normalized spacial score (nSPS) is 19.1. The third-order valence-electron chi connectivity index (χ3n) is 7.40. The van der Waals surface area contributed by atoms with Crippen LogP contribution in [0.4, 0.5) is 24.5 Å². The number of nitrogens with zero attached hydrogens (tertiary/aromatic N) is 3. The Morgan fingerprint density at radius 1 is 0.944 bits per heavy atom. The van der Waals surface area contributed by atoms with Crippen molar-refractivity contribution >= 4 is 28.1 Å². The molecular formula is C27H26F3N3O3. The minimum Gasteiger partial charge on any atom is -0.366 e. The predicted molar refractivity (Wildman–Crippen MR) is 131 cm³/mol. The van der Waals surface area contributed by atoms with Gasteiger partial charge in [0.1, 0.15) is 5.69 Å². The van der Waals surface area contributed by atoms with Crippen LogP contribution in [0.1, 0.15) is 42.9 Å². The smallest absolute Gasteiger partial charge is 0.366 e. The Hall–Kier alpha value is -3.62. The number of rotatable bonds is 4. The number of carbonyl (C=O) groups excluding carboxylic acids is 1. The number of piperidine rings is 1. The fraction of sp³-hybridized carbons (Fsp3) is 0.370. The summed E-state index contributed by atoms with van der Waals surface area (Å²) in [6, 6.07) is 17.0. The molecule has 0 aromatic heterocycles. The van der Waals surface area contributed by atoms with Crippen molar-refractivity contribution in [2.24, 2.45) is 5.92 Å². The lowest BCUT2D eigenvalue weighted by Gasteiger charge is -2.36. The van der Waals surface area contributed by atoms with Crippen molar-refractivity contribution in [3.63, 3.8) is 0 Å². The van der Waals surface area contributed by atoms with E-state index in [4.69, 9.17) is 0 Å². The summed E-state index contributed by atoms with van der Waals surface area (Å²) in [6.45, 7) is 1.43. The van der Waals surface area contributed by atoms with E-state index in [-0.39, 0.29) is 23.6 Å². The quantitative estimate of drug-likeness (QED) is 0.311. The van der Waals surface area contributed by atoms with Crippen LogP contribution in [-0.2, 0) is 11.0 Å². The average Bonchev–Trinajstić information content (AvgIpc) is 3.37. The molecule has 5 rings (SSSR count). The van der Waals surface area contributed by atoms with Crippen LogP contribution in [0, 0.1) is 16.0 Å². The van der Waals surface area contributed by atoms with Gasteiger partial charge in [0.05, 0.1) is 16.5 Å². The lowest BCUT2D eigenvalue weighted by Crippen LogP contribution is -2.42. The van der Waals surface area contributed by atoms with Gasteiger partial charge < -0.3 is 9.80 Å². The van der Waals surface area contributed by atoms with Crippen molar-refractivity contribution in [1.29, 1.82) is 0 Å². The fourth-order valence-corrected chi connectivity index (χ4v) is 5.61. The number of nitro benzene ring substituents is 1. The molecule has 188 valence electrons. The third kappa shape index (κ3) is 4.50. The van der Waals surface area contributed by atoms with Crippen LogP contribution in [0.25, 0.3) is 10.8 Å². The zero-order valence-corrected chi connectivity index (χ0v) is 19.6. The summed E-state index contributed by atoms with van der Waals surface area (Å²) in [5, 5.41) is 13.8. The number of fused-ring (bicyclic) bond motifs is 1. The van der Waals surface area contributed by atoms with Crippen LogP contribution in [-0.4, -0.2) is 35.4 Å². The molecule has 3 aromatic carbocycles. The van der Waals surface area contributed by atoms with Crippen LogP contribution < -0.4 is 4.90 Å². The number of likely N-dealkylation sites (tertiary alicyclic amines) is 1. The number of alkyl halides is 3. The first-order chi connectivity index (χ1) is 17.2. The molecule has 1 amide bonds. The third-order valence-corrected chi connectivity index (χ3v) is 7.40. The molecule has 0 saturated carbocycles. The second kappa shape index (κ2) is 9.44. The Balaban J connectivity index is 1.31. The molecule has 9 heteroatoms. The van der Waals surface area contributed by atoms with Crippen molar-refractivity contribution in [3.05, 3.63) is 81.9 Å². The van der Waals surface area contributed by atoms with Gasteiger partial charge in [0.25, 0.3) is 5.69 Å². The van der Waals surface area contributed by atoms with E-state index in [0.29, 0.717) is 38.5 Å². The van der Waals surface area contributed by atoms with Crippen LogP contribution in [0.15, 0.2) is 60.7 Å². The monoisotopic (exact) mass is 497 g/mol. The number of hydrogen-bond acceptors (Lipinski definition) is 4. The molecule has 0 N–H and O–H groups in total. The first kappa shape index (κ1) is 24.1. The first-order valence-corrected chi connectivity index (χ1v) is 12.1. The van der Waals surface area contributed by atoms with E-state index in [9.17, 15) is 28.1 Å². The van der Waals surface area contributed by atoms with E-state index < -0.39 is 22.4 Å². The van der Waals surface area contributed by atoms with Gasteiger partial charge in [0.15, 0.2) is 0 Å². The second-order valence-corrected chi connectivity index (χ2v) is 9.48. The van der Waals surface area contributed by atoms with Crippen molar-refractivity contribution < 1.29 is 22.9 Å². The molecule has 6 nitrogen and oxygen atoms in total. The highest BCUT2D eigenvalue weighted by Crippen LogP contribution is 2.40. The lowest BCUT2D eigenvalue weighted by molar-refractivity contribution is -0.384. The van der Waals surface area contributed by atoms with E-state index in [1.807, 2.05) is 23.1 Å². The fourth-order valence-electron chi connectivity index (χ4n) is 5.61. The van der Waals surface area contributed by atoms with E-state index >= 15 is 0 Å². The molecule has 0 aliphatic carbocycles. The van der Waals surface area contributed by atoms with Gasteiger partial charge in [0, 0.05) is 31.6 Å². The van der Waals surface area contributed by atoms with Crippen molar-refractivity contribution in [2.75, 3.05) is 24.5 Å². The molecule has 36 heavy (non-hydrogen) atoms. The number of hydrogen-bond donors (Lipinski definition) is 0. The Morgan fingerprint density at radius 3 is 2.39 bits per heavy atom. The number of anilines is 1. The zero-order chi connectivity index (χ0) is 25.4. The van der Waals surface area contributed by atoms with Gasteiger partial charge in [0.2, 0.25) is 5.91 Å². The van der Waals surface area contributed by atoms with Gasteiger partial charge in [-0.1, -0.05) is 42.5 Å². The SMILES string of the molecule is O=C(C1CCN(c2ccc(C(F)(F)F)cc2[N+](=O)[O-])CC1)N1CCCC1c1cccc2ccccc12. The number of nitro groups is 1. The van der Waals surface area contributed by atoms with Crippen LogP contribution in [0.2, 0.25) is 0 Å². The number of benzene rings is 3. The summed E-state index contributed by atoms with van der Waals surface area (Å²) < 4.78 is 39.2. The van der Waals surface area contributed by atoms with Crippen molar-refractivity contribution in [1.82, 2.24) is 4.90 Å². The molecule has 3 aromatic rings. The minimum absolute atomic E-state index is 0.0117. The topological polar surface area (TPSA) is 66.7 Å². The standard InChI is InChI=1S/C27H26F3N3O3/c28-27(29,30)20-10-11-24(25(17-20)33(35)36)31-15-12-19(13-16-31)26(34)32-14-4-9-23(32)22-8-3-6-18-5-1-2-7-21(18)22/h1-3,5-8,10-11,17,19,23H,4,9,12-16H2. The summed E-state index contributed by atoms with van der Waals surface area (Å²) in [5.41, 5.74) is -0.299. The number of carbonyl (C=O) groups is 1. The maximum atomic E-state index is 13.6. The largest absolute Gasteiger partial charge is 0.416 e. The average molecular weight is 498 g/mol. The zero-order valence-electron chi connectivity index (χ0n) is 19.6. The van der Waals surface area contributed by atoms with Crippen LogP contribution >= 0.6 is 0 Å². The summed E-state index contributed by atoms with van der Waals surface area (Å²) in [5.74, 6) is -0.127. The lowest BCUT2D eigenvalue weighted by atomic mass is 9.92. The summed E-state index contributed by atoms with van der Waals surface area (Å²) in [6.07, 6.45) is -1.84. The van der Waals surface area contributed by atoms with Gasteiger partial charge in [-0.15, -0.1) is 0 Å². The van der Waals surface area contributed by atoms with Gasteiger partial charge in [-0.25, -0.2) is 0 Å². The molecule has 1 atom stereocenters. The Labute approximate surface area is 206 Å². The molecule has 2 fully saturated rings. The van der Waals surface area contributed by atoms with Gasteiger partial charge >= 0.3 is 6.18 Å². The molecule has 2 aliphatic rings. The van der Waals surface area contributed by atoms with E-state index in [2.05, 4.69) is 24.3 Å². The Kier molecular flexibility index (Phi) is 6.32.